The van der Waals surface area contributed by atoms with Gasteiger partial charge in [-0.2, -0.15) is 0 Å². The normalized spacial score (nSPS) is 11.1. The number of carbonyl (C=O) groups excluding carboxylic acids is 1. The second kappa shape index (κ2) is 6.75. The largest absolute Gasteiger partial charge is 0.497 e. The molecule has 2 aromatic rings. The van der Waals surface area contributed by atoms with Gasteiger partial charge in [0.05, 0.1) is 7.11 Å². The van der Waals surface area contributed by atoms with E-state index in [9.17, 15) is 4.79 Å². The van der Waals surface area contributed by atoms with E-state index in [-0.39, 0.29) is 5.91 Å². The maximum atomic E-state index is 12.4. The van der Waals surface area contributed by atoms with Crippen molar-refractivity contribution in [2.75, 3.05) is 21.2 Å². The van der Waals surface area contributed by atoms with Crippen LogP contribution in [0.5, 0.6) is 5.75 Å². The smallest absolute Gasteiger partial charge is 0.253 e. The summed E-state index contributed by atoms with van der Waals surface area (Å²) in [5.74, 6) is 0.782. The van der Waals surface area contributed by atoms with Gasteiger partial charge in [-0.1, -0.05) is 42.5 Å². The molecule has 0 radical (unpaired) electrons. The Morgan fingerprint density at radius 2 is 1.62 bits per heavy atom. The molecule has 3 heteroatoms. The summed E-state index contributed by atoms with van der Waals surface area (Å²) in [7, 11) is 5.15. The number of ether oxygens (including phenoxy) is 1. The van der Waals surface area contributed by atoms with Gasteiger partial charge in [-0.15, -0.1) is 0 Å². The summed E-state index contributed by atoms with van der Waals surface area (Å²) in [6.07, 6.45) is 1.90. The molecular formula is C18H19NO2. The first-order chi connectivity index (χ1) is 10.1. The maximum Gasteiger partial charge on any atom is 0.253 e. The van der Waals surface area contributed by atoms with Crippen LogP contribution < -0.4 is 4.74 Å². The number of methoxy groups -OCH3 is 1. The van der Waals surface area contributed by atoms with Gasteiger partial charge in [0.25, 0.3) is 5.91 Å². The fraction of sp³-hybridized carbons (Fsp3) is 0.167. The van der Waals surface area contributed by atoms with Gasteiger partial charge in [-0.3, -0.25) is 4.79 Å². The van der Waals surface area contributed by atoms with Crippen molar-refractivity contribution in [3.63, 3.8) is 0 Å². The summed E-state index contributed by atoms with van der Waals surface area (Å²) in [6.45, 7) is 0. The molecule has 0 aliphatic heterocycles. The van der Waals surface area contributed by atoms with Gasteiger partial charge in [0, 0.05) is 19.7 Å². The van der Waals surface area contributed by atoms with Gasteiger partial charge < -0.3 is 9.64 Å². The fourth-order valence-corrected chi connectivity index (χ4v) is 1.99. The van der Waals surface area contributed by atoms with Gasteiger partial charge in [-0.05, 0) is 29.3 Å². The van der Waals surface area contributed by atoms with Gasteiger partial charge in [0.2, 0.25) is 0 Å². The molecule has 0 aliphatic carbocycles. The minimum absolute atomic E-state index is 0.0166. The van der Waals surface area contributed by atoms with Gasteiger partial charge in [-0.25, -0.2) is 0 Å². The zero-order valence-electron chi connectivity index (χ0n) is 12.5. The molecule has 0 atom stereocenters. The van der Waals surface area contributed by atoms with Crippen LogP contribution in [-0.4, -0.2) is 32.0 Å². The first kappa shape index (κ1) is 14.9. The van der Waals surface area contributed by atoms with E-state index in [2.05, 4.69) is 0 Å². The highest BCUT2D eigenvalue weighted by Gasteiger charge is 2.13. The van der Waals surface area contributed by atoms with Crippen LogP contribution in [0.2, 0.25) is 0 Å². The third-order valence-corrected chi connectivity index (χ3v) is 3.15. The topological polar surface area (TPSA) is 29.5 Å². The van der Waals surface area contributed by atoms with Crippen molar-refractivity contribution in [3.8, 4) is 5.75 Å². The van der Waals surface area contributed by atoms with E-state index in [0.717, 1.165) is 16.9 Å². The zero-order chi connectivity index (χ0) is 15.2. The lowest BCUT2D eigenvalue weighted by molar-refractivity contribution is -0.122. The fourth-order valence-electron chi connectivity index (χ4n) is 1.99. The number of hydrogen-bond acceptors (Lipinski definition) is 2. The quantitative estimate of drug-likeness (QED) is 0.635. The van der Waals surface area contributed by atoms with Gasteiger partial charge >= 0.3 is 0 Å². The number of hydrogen-bond donors (Lipinski definition) is 0. The van der Waals surface area contributed by atoms with Crippen LogP contribution in [0.25, 0.3) is 11.6 Å². The molecule has 0 aliphatic rings. The predicted molar refractivity (Wildman–Crippen MR) is 86.0 cm³/mol. The second-order valence-corrected chi connectivity index (χ2v) is 4.90. The molecule has 0 aromatic heterocycles. The summed E-state index contributed by atoms with van der Waals surface area (Å²) in [4.78, 5) is 14.0. The van der Waals surface area contributed by atoms with Gasteiger partial charge in [0.1, 0.15) is 5.75 Å². The number of carbonyl (C=O) groups is 1. The molecule has 0 bridgehead atoms. The Balaban J connectivity index is 2.43. The van der Waals surface area contributed by atoms with E-state index >= 15 is 0 Å². The van der Waals surface area contributed by atoms with Crippen LogP contribution in [0.15, 0.2) is 54.6 Å². The van der Waals surface area contributed by atoms with E-state index in [1.54, 1.807) is 26.1 Å². The molecule has 2 rings (SSSR count). The van der Waals surface area contributed by atoms with Crippen LogP contribution >= 0.6 is 0 Å². The molecule has 0 fully saturated rings. The lowest BCUT2D eigenvalue weighted by Gasteiger charge is -2.14. The monoisotopic (exact) mass is 281 g/mol. The standard InChI is InChI=1S/C18H19NO2/c1-19(2)18(20)17(15-7-5-4-6-8-15)13-14-9-11-16(21-3)12-10-14/h4-13H,1-3H3. The zero-order valence-corrected chi connectivity index (χ0v) is 12.5. The Morgan fingerprint density at radius 1 is 1.00 bits per heavy atom. The Kier molecular flexibility index (Phi) is 4.77. The predicted octanol–water partition coefficient (Wildman–Crippen LogP) is 3.32. The highest BCUT2D eigenvalue weighted by molar-refractivity contribution is 6.23. The summed E-state index contributed by atoms with van der Waals surface area (Å²) >= 11 is 0. The van der Waals surface area contributed by atoms with E-state index in [4.69, 9.17) is 4.74 Å². The summed E-state index contributed by atoms with van der Waals surface area (Å²) in [6, 6.07) is 17.3. The SMILES string of the molecule is COc1ccc(C=C(C(=O)N(C)C)c2ccccc2)cc1. The Hall–Kier alpha value is -2.55. The third-order valence-electron chi connectivity index (χ3n) is 3.15. The van der Waals surface area contributed by atoms with Crippen LogP contribution in [0, 0.1) is 0 Å². The summed E-state index contributed by atoms with van der Waals surface area (Å²) in [5.41, 5.74) is 2.54. The molecule has 0 unspecified atom stereocenters. The second-order valence-electron chi connectivity index (χ2n) is 4.90. The molecule has 0 spiro atoms. The summed E-state index contributed by atoms with van der Waals surface area (Å²) in [5, 5.41) is 0. The molecule has 108 valence electrons. The van der Waals surface area contributed by atoms with Crippen molar-refractivity contribution >= 4 is 17.6 Å². The Labute approximate surface area is 125 Å². The van der Waals surface area contributed by atoms with Crippen LogP contribution in [-0.2, 0) is 4.79 Å². The number of amides is 1. The lowest BCUT2D eigenvalue weighted by atomic mass is 10.0. The molecule has 1 amide bonds. The molecule has 0 saturated carbocycles. The molecule has 3 nitrogen and oxygen atoms in total. The molecular weight excluding hydrogens is 262 g/mol. The highest BCUT2D eigenvalue weighted by atomic mass is 16.5. The minimum atomic E-state index is -0.0166. The van der Waals surface area contributed by atoms with Gasteiger partial charge in [0.15, 0.2) is 0 Å². The van der Waals surface area contributed by atoms with E-state index in [1.165, 1.54) is 0 Å². The number of benzene rings is 2. The Bertz CT molecular complexity index is 628. The molecule has 21 heavy (non-hydrogen) atoms. The van der Waals surface area contributed by atoms with Crippen molar-refractivity contribution in [2.45, 2.75) is 0 Å². The number of rotatable bonds is 4. The first-order valence-corrected chi connectivity index (χ1v) is 6.74. The molecule has 0 heterocycles. The lowest BCUT2D eigenvalue weighted by Crippen LogP contribution is -2.22. The molecule has 0 saturated heterocycles. The van der Waals surface area contributed by atoms with Crippen molar-refractivity contribution in [1.82, 2.24) is 4.90 Å². The number of nitrogens with zero attached hydrogens (tertiary/aromatic N) is 1. The van der Waals surface area contributed by atoms with Crippen molar-refractivity contribution in [3.05, 3.63) is 65.7 Å². The summed E-state index contributed by atoms with van der Waals surface area (Å²) < 4.78 is 5.15. The number of likely N-dealkylation sites (N-methyl/N-ethyl adjacent to an activating group) is 1. The van der Waals surface area contributed by atoms with Crippen LogP contribution in [0.3, 0.4) is 0 Å². The van der Waals surface area contributed by atoms with Crippen molar-refractivity contribution in [1.29, 1.82) is 0 Å². The maximum absolute atomic E-state index is 12.4. The third kappa shape index (κ3) is 3.72. The van der Waals surface area contributed by atoms with E-state index in [0.29, 0.717) is 5.57 Å². The molecule has 0 N–H and O–H groups in total. The highest BCUT2D eigenvalue weighted by Crippen LogP contribution is 2.21. The average Bonchev–Trinajstić information content (AvgIpc) is 2.53. The van der Waals surface area contributed by atoms with Crippen LogP contribution in [0.4, 0.5) is 0 Å². The first-order valence-electron chi connectivity index (χ1n) is 6.74. The van der Waals surface area contributed by atoms with E-state index in [1.807, 2.05) is 60.7 Å². The molecule has 2 aromatic carbocycles. The van der Waals surface area contributed by atoms with Crippen molar-refractivity contribution < 1.29 is 9.53 Å². The average molecular weight is 281 g/mol. The van der Waals surface area contributed by atoms with Crippen molar-refractivity contribution in [2.24, 2.45) is 0 Å². The minimum Gasteiger partial charge on any atom is -0.497 e. The van der Waals surface area contributed by atoms with Crippen LogP contribution in [0.1, 0.15) is 11.1 Å². The Morgan fingerprint density at radius 3 is 2.14 bits per heavy atom. The van der Waals surface area contributed by atoms with E-state index < -0.39 is 0 Å².